The number of hydrogen-bond acceptors (Lipinski definition) is 6. The van der Waals surface area contributed by atoms with Crippen LogP contribution < -0.4 is 9.47 Å². The third-order valence-electron chi connectivity index (χ3n) is 4.54. The number of H-pyrrole nitrogens is 1. The highest BCUT2D eigenvalue weighted by Crippen LogP contribution is 2.33. The van der Waals surface area contributed by atoms with Crippen molar-refractivity contribution in [2.75, 3.05) is 14.2 Å². The van der Waals surface area contributed by atoms with Gasteiger partial charge in [-0.05, 0) is 37.6 Å². The Labute approximate surface area is 162 Å². The monoisotopic (exact) mass is 376 g/mol. The van der Waals surface area contributed by atoms with Crippen LogP contribution in [0.5, 0.6) is 11.5 Å². The molecule has 0 spiro atoms. The lowest BCUT2D eigenvalue weighted by molar-refractivity contribution is 0.394. The van der Waals surface area contributed by atoms with Crippen LogP contribution in [-0.2, 0) is 0 Å². The molecule has 0 fully saturated rings. The second-order valence-electron chi connectivity index (χ2n) is 6.47. The zero-order valence-electron chi connectivity index (χ0n) is 16.1. The zero-order valence-corrected chi connectivity index (χ0v) is 16.1. The highest BCUT2D eigenvalue weighted by molar-refractivity contribution is 5.70. The maximum atomic E-state index is 5.44. The molecule has 1 N–H and O–H groups in total. The van der Waals surface area contributed by atoms with Crippen molar-refractivity contribution in [1.29, 1.82) is 0 Å². The average Bonchev–Trinajstić information content (AvgIpc) is 3.37. The molecule has 2 aromatic heterocycles. The molecule has 2 aromatic carbocycles. The summed E-state index contributed by atoms with van der Waals surface area (Å²) in [6.07, 6.45) is 0. The average molecular weight is 376 g/mol. The lowest BCUT2D eigenvalue weighted by atomic mass is 10.0. The summed E-state index contributed by atoms with van der Waals surface area (Å²) in [7, 11) is 3.19. The van der Waals surface area contributed by atoms with E-state index in [1.807, 2.05) is 18.2 Å². The molecule has 0 aliphatic heterocycles. The van der Waals surface area contributed by atoms with Crippen molar-refractivity contribution in [3.8, 4) is 45.7 Å². The van der Waals surface area contributed by atoms with Gasteiger partial charge in [0.05, 0.1) is 25.5 Å². The first kappa shape index (κ1) is 17.8. The van der Waals surface area contributed by atoms with Crippen LogP contribution in [-0.4, -0.2) is 34.6 Å². The minimum absolute atomic E-state index is 0.358. The fourth-order valence-corrected chi connectivity index (χ4v) is 3.10. The lowest BCUT2D eigenvalue weighted by Crippen LogP contribution is -1.91. The largest absolute Gasteiger partial charge is 0.497 e. The van der Waals surface area contributed by atoms with E-state index < -0.39 is 0 Å². The Morgan fingerprint density at radius 1 is 0.929 bits per heavy atom. The molecule has 0 unspecified atom stereocenters. The van der Waals surface area contributed by atoms with Crippen molar-refractivity contribution >= 4 is 0 Å². The Kier molecular flexibility index (Phi) is 4.57. The first-order chi connectivity index (χ1) is 13.6. The van der Waals surface area contributed by atoms with Gasteiger partial charge >= 0.3 is 0 Å². The molecule has 0 bridgehead atoms. The maximum absolute atomic E-state index is 5.44. The molecule has 0 saturated carbocycles. The van der Waals surface area contributed by atoms with Crippen LogP contribution in [0.1, 0.15) is 11.1 Å². The second-order valence-corrected chi connectivity index (χ2v) is 6.47. The standard InChI is InChI=1S/C21H20N4O3/c1-12-5-7-15(13(2)9-12)17-11-18(24-23-17)21-22-20(25-28-21)16-8-6-14(26-3)10-19(16)27-4/h5-11H,1-4H3,(H,23,24). The highest BCUT2D eigenvalue weighted by atomic mass is 16.5. The summed E-state index contributed by atoms with van der Waals surface area (Å²) in [5.41, 5.74) is 5.63. The topological polar surface area (TPSA) is 86.1 Å². The Balaban J connectivity index is 1.66. The van der Waals surface area contributed by atoms with Crippen LogP contribution in [0.3, 0.4) is 0 Å². The fraction of sp³-hybridized carbons (Fsp3) is 0.190. The van der Waals surface area contributed by atoms with Crippen molar-refractivity contribution in [3.05, 3.63) is 53.6 Å². The molecule has 4 aromatic rings. The maximum Gasteiger partial charge on any atom is 0.276 e. The quantitative estimate of drug-likeness (QED) is 0.555. The van der Waals surface area contributed by atoms with Gasteiger partial charge in [-0.3, -0.25) is 5.10 Å². The van der Waals surface area contributed by atoms with Gasteiger partial charge in [-0.15, -0.1) is 0 Å². The molecule has 2 heterocycles. The molecular weight excluding hydrogens is 356 g/mol. The Morgan fingerprint density at radius 2 is 1.75 bits per heavy atom. The van der Waals surface area contributed by atoms with Gasteiger partial charge in [0.25, 0.3) is 5.89 Å². The molecule has 7 heteroatoms. The number of rotatable bonds is 5. The molecule has 0 aliphatic carbocycles. The highest BCUT2D eigenvalue weighted by Gasteiger charge is 2.17. The predicted octanol–water partition coefficient (Wildman–Crippen LogP) is 4.43. The van der Waals surface area contributed by atoms with Crippen molar-refractivity contribution in [2.24, 2.45) is 0 Å². The molecule has 0 amide bonds. The molecule has 28 heavy (non-hydrogen) atoms. The molecule has 142 valence electrons. The number of nitrogens with one attached hydrogen (secondary N) is 1. The van der Waals surface area contributed by atoms with Crippen molar-refractivity contribution in [2.45, 2.75) is 13.8 Å². The summed E-state index contributed by atoms with van der Waals surface area (Å²) < 4.78 is 16.1. The molecule has 0 aliphatic rings. The Morgan fingerprint density at radius 3 is 2.50 bits per heavy atom. The molecular formula is C21H20N4O3. The van der Waals surface area contributed by atoms with E-state index in [1.54, 1.807) is 20.3 Å². The van der Waals surface area contributed by atoms with Gasteiger partial charge in [0.1, 0.15) is 17.2 Å². The first-order valence-corrected chi connectivity index (χ1v) is 8.78. The summed E-state index contributed by atoms with van der Waals surface area (Å²) in [6.45, 7) is 4.14. The molecule has 0 saturated heterocycles. The minimum Gasteiger partial charge on any atom is -0.497 e. The van der Waals surface area contributed by atoms with Gasteiger partial charge < -0.3 is 14.0 Å². The fourth-order valence-electron chi connectivity index (χ4n) is 3.10. The van der Waals surface area contributed by atoms with Crippen LogP contribution in [0.2, 0.25) is 0 Å². The first-order valence-electron chi connectivity index (χ1n) is 8.78. The molecule has 7 nitrogen and oxygen atoms in total. The van der Waals surface area contributed by atoms with Crippen LogP contribution in [0, 0.1) is 13.8 Å². The number of ether oxygens (including phenoxy) is 2. The number of benzene rings is 2. The third-order valence-corrected chi connectivity index (χ3v) is 4.54. The van der Waals surface area contributed by atoms with Crippen LogP contribution in [0.15, 0.2) is 47.0 Å². The number of hydrogen-bond donors (Lipinski definition) is 1. The van der Waals surface area contributed by atoms with E-state index in [1.165, 1.54) is 5.56 Å². The number of nitrogens with zero attached hydrogens (tertiary/aromatic N) is 3. The third kappa shape index (κ3) is 3.22. The van der Waals surface area contributed by atoms with Gasteiger partial charge in [0.15, 0.2) is 0 Å². The summed E-state index contributed by atoms with van der Waals surface area (Å²) in [4.78, 5) is 4.49. The van der Waals surface area contributed by atoms with E-state index >= 15 is 0 Å². The molecule has 4 rings (SSSR count). The van der Waals surface area contributed by atoms with Crippen molar-refractivity contribution in [3.63, 3.8) is 0 Å². The smallest absolute Gasteiger partial charge is 0.276 e. The van der Waals surface area contributed by atoms with Gasteiger partial charge in [0, 0.05) is 11.6 Å². The number of methoxy groups -OCH3 is 2. The van der Waals surface area contributed by atoms with Crippen molar-refractivity contribution in [1.82, 2.24) is 20.3 Å². The van der Waals surface area contributed by atoms with Gasteiger partial charge in [-0.2, -0.15) is 10.1 Å². The van der Waals surface area contributed by atoms with Crippen LogP contribution in [0.25, 0.3) is 34.2 Å². The number of aromatic nitrogens is 4. The van der Waals surface area contributed by atoms with Gasteiger partial charge in [0.2, 0.25) is 5.82 Å². The van der Waals surface area contributed by atoms with E-state index in [2.05, 4.69) is 52.4 Å². The van der Waals surface area contributed by atoms with E-state index in [0.29, 0.717) is 34.5 Å². The second kappa shape index (κ2) is 7.19. The van der Waals surface area contributed by atoms with E-state index in [4.69, 9.17) is 14.0 Å². The van der Waals surface area contributed by atoms with E-state index in [0.717, 1.165) is 16.8 Å². The van der Waals surface area contributed by atoms with E-state index in [-0.39, 0.29) is 0 Å². The predicted molar refractivity (Wildman–Crippen MR) is 105 cm³/mol. The summed E-state index contributed by atoms with van der Waals surface area (Å²) in [6, 6.07) is 13.6. The SMILES string of the molecule is COc1ccc(-c2noc(-c3cc(-c4ccc(C)cc4C)n[nH]3)n2)c(OC)c1. The normalized spacial score (nSPS) is 10.9. The van der Waals surface area contributed by atoms with Crippen LogP contribution >= 0.6 is 0 Å². The minimum atomic E-state index is 0.358. The van der Waals surface area contributed by atoms with Crippen LogP contribution in [0.4, 0.5) is 0 Å². The zero-order chi connectivity index (χ0) is 19.7. The summed E-state index contributed by atoms with van der Waals surface area (Å²) >= 11 is 0. The Bertz CT molecular complexity index is 1130. The number of aryl methyl sites for hydroxylation is 2. The summed E-state index contributed by atoms with van der Waals surface area (Å²) in [5, 5.41) is 11.5. The molecule has 0 radical (unpaired) electrons. The van der Waals surface area contributed by atoms with Crippen molar-refractivity contribution < 1.29 is 14.0 Å². The van der Waals surface area contributed by atoms with Gasteiger partial charge in [-0.25, -0.2) is 0 Å². The van der Waals surface area contributed by atoms with E-state index in [9.17, 15) is 0 Å². The lowest BCUT2D eigenvalue weighted by Gasteiger charge is -2.07. The Hall–Kier alpha value is -3.61. The summed E-state index contributed by atoms with van der Waals surface area (Å²) in [5.74, 6) is 2.08. The molecule has 0 atom stereocenters. The number of aromatic amines is 1. The van der Waals surface area contributed by atoms with Gasteiger partial charge in [-0.1, -0.05) is 28.9 Å².